The molecule has 1 saturated heterocycles. The number of piperidine rings is 1. The lowest BCUT2D eigenvalue weighted by atomic mass is 9.97. The average molecular weight is 415 g/mol. The van der Waals surface area contributed by atoms with Crippen molar-refractivity contribution in [2.45, 2.75) is 52.4 Å². The van der Waals surface area contributed by atoms with Crippen molar-refractivity contribution in [3.8, 4) is 5.75 Å². The monoisotopic (exact) mass is 414 g/mol. The van der Waals surface area contributed by atoms with Gasteiger partial charge in [0.2, 0.25) is 0 Å². The summed E-state index contributed by atoms with van der Waals surface area (Å²) in [7, 11) is 0. The molecule has 0 bridgehead atoms. The van der Waals surface area contributed by atoms with Crippen molar-refractivity contribution in [1.82, 2.24) is 9.80 Å². The molecule has 3 rings (SSSR count). The first-order valence-corrected chi connectivity index (χ1v) is 11.3. The Balaban J connectivity index is 1.91. The van der Waals surface area contributed by atoms with E-state index in [0.717, 1.165) is 56.4 Å². The molecule has 0 saturated carbocycles. The second-order valence-corrected chi connectivity index (χ2v) is 8.14. The molecule has 1 unspecified atom stereocenters. The van der Waals surface area contributed by atoms with Crippen LogP contribution < -0.4 is 4.74 Å². The van der Waals surface area contributed by atoms with Gasteiger partial charge in [-0.05, 0) is 49.8 Å². The number of aliphatic hydroxyl groups is 1. The van der Waals surface area contributed by atoms with E-state index in [-0.39, 0.29) is 24.3 Å². The summed E-state index contributed by atoms with van der Waals surface area (Å²) in [6, 6.07) is 7.41. The van der Waals surface area contributed by atoms with Gasteiger partial charge in [0.1, 0.15) is 11.4 Å². The van der Waals surface area contributed by atoms with Crippen molar-refractivity contribution in [3.63, 3.8) is 0 Å². The number of hydrogen-bond donors (Lipinski definition) is 1. The van der Waals surface area contributed by atoms with Gasteiger partial charge in [-0.1, -0.05) is 38.3 Å². The molecule has 6 nitrogen and oxygen atoms in total. The number of likely N-dealkylation sites (tertiary alicyclic amines) is 1. The molecule has 0 aromatic heterocycles. The number of ether oxygens (including phenoxy) is 1. The number of imide groups is 1. The van der Waals surface area contributed by atoms with Crippen LogP contribution in [0.5, 0.6) is 5.75 Å². The van der Waals surface area contributed by atoms with Crippen LogP contribution in [0.1, 0.15) is 57.9 Å². The second kappa shape index (κ2) is 10.6. The van der Waals surface area contributed by atoms with Gasteiger partial charge in [-0.25, -0.2) is 0 Å². The van der Waals surface area contributed by atoms with E-state index in [1.807, 2.05) is 36.1 Å². The Morgan fingerprint density at radius 3 is 2.50 bits per heavy atom. The molecule has 0 aliphatic carbocycles. The largest absolute Gasteiger partial charge is 0.494 e. The molecular weight excluding hydrogens is 380 g/mol. The van der Waals surface area contributed by atoms with Crippen LogP contribution in [0.3, 0.4) is 0 Å². The first-order chi connectivity index (χ1) is 14.6. The van der Waals surface area contributed by atoms with Gasteiger partial charge in [0, 0.05) is 26.2 Å². The summed E-state index contributed by atoms with van der Waals surface area (Å²) >= 11 is 0. The van der Waals surface area contributed by atoms with Gasteiger partial charge in [0.05, 0.1) is 12.2 Å². The molecule has 1 N–H and O–H groups in total. The normalized spacial score (nSPS) is 19.8. The average Bonchev–Trinajstić information content (AvgIpc) is 3.02. The predicted octanol–water partition coefficient (Wildman–Crippen LogP) is 3.45. The van der Waals surface area contributed by atoms with Gasteiger partial charge in [0.15, 0.2) is 0 Å². The highest BCUT2D eigenvalue weighted by atomic mass is 16.5. The van der Waals surface area contributed by atoms with E-state index in [9.17, 15) is 14.7 Å². The van der Waals surface area contributed by atoms with Crippen molar-refractivity contribution in [2.24, 2.45) is 5.92 Å². The Bertz CT molecular complexity index is 772. The van der Waals surface area contributed by atoms with Crippen molar-refractivity contribution in [2.75, 3.05) is 32.8 Å². The third-order valence-electron chi connectivity index (χ3n) is 5.93. The standard InChI is InChI=1S/C24H34N2O4/c1-3-5-6-7-15-26-23(28)21(19-10-12-20(13-11-19)30-4-2)22(24(26)29)25-14-8-9-18(16-25)17-27/h10-13,18,27H,3-9,14-17H2,1-2H3. The fourth-order valence-electron chi connectivity index (χ4n) is 4.32. The number of nitrogens with zero attached hydrogens (tertiary/aromatic N) is 2. The minimum Gasteiger partial charge on any atom is -0.494 e. The summed E-state index contributed by atoms with van der Waals surface area (Å²) in [5.74, 6) is 0.477. The summed E-state index contributed by atoms with van der Waals surface area (Å²) in [5.41, 5.74) is 1.73. The lowest BCUT2D eigenvalue weighted by Crippen LogP contribution is -2.40. The minimum absolute atomic E-state index is 0.102. The molecule has 1 fully saturated rings. The van der Waals surface area contributed by atoms with Crippen molar-refractivity contribution < 1.29 is 19.4 Å². The third kappa shape index (κ3) is 4.86. The smallest absolute Gasteiger partial charge is 0.277 e. The van der Waals surface area contributed by atoms with Crippen LogP contribution in [0.2, 0.25) is 0 Å². The molecule has 2 aliphatic heterocycles. The summed E-state index contributed by atoms with van der Waals surface area (Å²) in [6.45, 7) is 6.54. The summed E-state index contributed by atoms with van der Waals surface area (Å²) in [4.78, 5) is 30.1. The van der Waals surface area contributed by atoms with E-state index in [4.69, 9.17) is 4.74 Å². The first kappa shape index (κ1) is 22.3. The summed E-state index contributed by atoms with van der Waals surface area (Å²) in [6.07, 6.45) is 5.91. The number of unbranched alkanes of at least 4 members (excludes halogenated alkanes) is 3. The van der Waals surface area contributed by atoms with Crippen LogP contribution in [0.25, 0.3) is 5.57 Å². The van der Waals surface area contributed by atoms with E-state index < -0.39 is 0 Å². The van der Waals surface area contributed by atoms with Crippen molar-refractivity contribution >= 4 is 17.4 Å². The Morgan fingerprint density at radius 2 is 1.83 bits per heavy atom. The van der Waals surface area contributed by atoms with E-state index in [2.05, 4.69) is 6.92 Å². The van der Waals surface area contributed by atoms with Gasteiger partial charge >= 0.3 is 0 Å². The van der Waals surface area contributed by atoms with Crippen molar-refractivity contribution in [3.05, 3.63) is 35.5 Å². The van der Waals surface area contributed by atoms with Crippen LogP contribution in [-0.4, -0.2) is 59.6 Å². The highest BCUT2D eigenvalue weighted by molar-refractivity contribution is 6.35. The van der Waals surface area contributed by atoms with E-state index >= 15 is 0 Å². The minimum atomic E-state index is -0.207. The summed E-state index contributed by atoms with van der Waals surface area (Å²) in [5, 5.41) is 9.63. The third-order valence-corrected chi connectivity index (χ3v) is 5.93. The van der Waals surface area contributed by atoms with E-state index in [0.29, 0.717) is 31.0 Å². The van der Waals surface area contributed by atoms with Gasteiger partial charge < -0.3 is 14.7 Å². The van der Waals surface area contributed by atoms with Gasteiger partial charge in [-0.15, -0.1) is 0 Å². The highest BCUT2D eigenvalue weighted by Gasteiger charge is 2.42. The molecule has 2 heterocycles. The van der Waals surface area contributed by atoms with Crippen LogP contribution in [0, 0.1) is 5.92 Å². The molecule has 1 atom stereocenters. The number of rotatable bonds is 10. The van der Waals surface area contributed by atoms with Crippen molar-refractivity contribution in [1.29, 1.82) is 0 Å². The fraction of sp³-hybridized carbons (Fsp3) is 0.583. The highest BCUT2D eigenvalue weighted by Crippen LogP contribution is 2.34. The SMILES string of the molecule is CCCCCCN1C(=O)C(c2ccc(OCC)cc2)=C(N2CCCC(CO)C2)C1=O. The number of amides is 2. The predicted molar refractivity (Wildman–Crippen MR) is 117 cm³/mol. The van der Waals surface area contributed by atoms with E-state index in [1.54, 1.807) is 0 Å². The maximum absolute atomic E-state index is 13.3. The number of benzene rings is 1. The number of hydrogen-bond acceptors (Lipinski definition) is 5. The zero-order chi connectivity index (χ0) is 21.5. The maximum Gasteiger partial charge on any atom is 0.277 e. The molecule has 1 aromatic carbocycles. The molecule has 2 amide bonds. The van der Waals surface area contributed by atoms with Gasteiger partial charge in [0.25, 0.3) is 11.8 Å². The lowest BCUT2D eigenvalue weighted by molar-refractivity contribution is -0.137. The zero-order valence-corrected chi connectivity index (χ0v) is 18.2. The Kier molecular flexibility index (Phi) is 7.91. The second-order valence-electron chi connectivity index (χ2n) is 8.14. The van der Waals surface area contributed by atoms with E-state index in [1.165, 1.54) is 4.90 Å². The number of carbonyl (C=O) groups excluding carboxylic acids is 2. The topological polar surface area (TPSA) is 70.1 Å². The van der Waals surface area contributed by atoms with Crippen LogP contribution >= 0.6 is 0 Å². The zero-order valence-electron chi connectivity index (χ0n) is 18.2. The van der Waals surface area contributed by atoms with Gasteiger partial charge in [-0.3, -0.25) is 14.5 Å². The number of carbonyl (C=O) groups is 2. The Hall–Kier alpha value is -2.34. The Labute approximate surface area is 179 Å². The molecule has 6 heteroatoms. The quantitative estimate of drug-likeness (QED) is 0.469. The molecule has 1 aromatic rings. The molecule has 30 heavy (non-hydrogen) atoms. The Morgan fingerprint density at radius 1 is 1.07 bits per heavy atom. The lowest BCUT2D eigenvalue weighted by Gasteiger charge is -2.34. The number of aliphatic hydroxyl groups excluding tert-OH is 1. The fourth-order valence-corrected chi connectivity index (χ4v) is 4.32. The maximum atomic E-state index is 13.3. The molecule has 164 valence electrons. The molecule has 0 radical (unpaired) electrons. The van der Waals surface area contributed by atoms with Crippen LogP contribution in [-0.2, 0) is 9.59 Å². The molecule has 2 aliphatic rings. The summed E-state index contributed by atoms with van der Waals surface area (Å²) < 4.78 is 5.52. The van der Waals surface area contributed by atoms with Crippen LogP contribution in [0.15, 0.2) is 30.0 Å². The van der Waals surface area contributed by atoms with Gasteiger partial charge in [-0.2, -0.15) is 0 Å². The van der Waals surface area contributed by atoms with Crippen LogP contribution in [0.4, 0.5) is 0 Å². The first-order valence-electron chi connectivity index (χ1n) is 11.3. The molecule has 0 spiro atoms. The molecular formula is C24H34N2O4.